The third-order valence-corrected chi connectivity index (χ3v) is 5.84. The number of aromatic nitrogens is 2. The molecule has 1 aliphatic heterocycles. The minimum Gasteiger partial charge on any atom is -0.338 e. The number of piperidine rings is 1. The highest BCUT2D eigenvalue weighted by Crippen LogP contribution is 2.25. The van der Waals surface area contributed by atoms with Crippen molar-refractivity contribution < 1.29 is 9.32 Å². The molecule has 29 heavy (non-hydrogen) atoms. The summed E-state index contributed by atoms with van der Waals surface area (Å²) in [5.74, 6) is 1.01. The molecule has 0 radical (unpaired) electrons. The van der Waals surface area contributed by atoms with E-state index in [-0.39, 0.29) is 11.8 Å². The van der Waals surface area contributed by atoms with Crippen LogP contribution in [0.3, 0.4) is 0 Å². The number of carbonyl (C=O) groups excluding carboxylic acids is 1. The average Bonchev–Trinajstić information content (AvgIpc) is 3.18. The van der Waals surface area contributed by atoms with Crippen molar-refractivity contribution in [2.45, 2.75) is 19.4 Å². The second-order valence-electron chi connectivity index (χ2n) is 7.07. The van der Waals surface area contributed by atoms with E-state index in [0.29, 0.717) is 29.8 Å². The van der Waals surface area contributed by atoms with Crippen molar-refractivity contribution in [2.24, 2.45) is 5.92 Å². The summed E-state index contributed by atoms with van der Waals surface area (Å²) in [7, 11) is 0. The monoisotopic (exact) mass is 474 g/mol. The first-order valence-electron chi connectivity index (χ1n) is 9.45. The summed E-state index contributed by atoms with van der Waals surface area (Å²) in [4.78, 5) is 19.4. The van der Waals surface area contributed by atoms with Crippen LogP contribution in [0.25, 0.3) is 11.4 Å². The smallest absolute Gasteiger partial charge is 0.241 e. The minimum atomic E-state index is -0.0776. The summed E-state index contributed by atoms with van der Waals surface area (Å²) in [5.41, 5.74) is 1.61. The lowest BCUT2D eigenvalue weighted by atomic mass is 9.97. The molecule has 1 atom stereocenters. The summed E-state index contributed by atoms with van der Waals surface area (Å²) < 4.78 is 6.29. The maximum atomic E-state index is 12.7. The van der Waals surface area contributed by atoms with Crippen LogP contribution in [0, 0.1) is 5.92 Å². The standard InChI is InChI=1S/C21H20BrClN4O2/c22-17-8-1-2-9-18(17)24-21(28)15-6-4-10-27(12-15)13-19-25-20(26-29-19)14-5-3-7-16(23)11-14/h1-3,5,7-9,11,15H,4,6,10,12-13H2,(H,24,28). The van der Waals surface area contributed by atoms with Gasteiger partial charge in [-0.1, -0.05) is 41.0 Å². The fourth-order valence-corrected chi connectivity index (χ4v) is 4.04. The Morgan fingerprint density at radius 2 is 2.14 bits per heavy atom. The molecule has 150 valence electrons. The van der Waals surface area contributed by atoms with Crippen molar-refractivity contribution >= 4 is 39.1 Å². The van der Waals surface area contributed by atoms with Crippen molar-refractivity contribution in [3.05, 3.63) is 63.9 Å². The molecular formula is C21H20BrClN4O2. The summed E-state index contributed by atoms with van der Waals surface area (Å²) in [5, 5.41) is 7.70. The van der Waals surface area contributed by atoms with E-state index in [1.165, 1.54) is 0 Å². The van der Waals surface area contributed by atoms with Crippen LogP contribution in [-0.4, -0.2) is 34.0 Å². The van der Waals surface area contributed by atoms with Gasteiger partial charge < -0.3 is 9.84 Å². The quantitative estimate of drug-likeness (QED) is 0.562. The van der Waals surface area contributed by atoms with E-state index in [0.717, 1.165) is 35.1 Å². The molecule has 6 nitrogen and oxygen atoms in total. The van der Waals surface area contributed by atoms with Gasteiger partial charge in [0.15, 0.2) is 0 Å². The van der Waals surface area contributed by atoms with Crippen molar-refractivity contribution in [3.63, 3.8) is 0 Å². The van der Waals surface area contributed by atoms with Crippen molar-refractivity contribution in [2.75, 3.05) is 18.4 Å². The second-order valence-corrected chi connectivity index (χ2v) is 8.36. The summed E-state index contributed by atoms with van der Waals surface area (Å²) in [6.45, 7) is 2.07. The number of halogens is 2. The number of anilines is 1. The van der Waals surface area contributed by atoms with Gasteiger partial charge in [-0.2, -0.15) is 4.98 Å². The Kier molecular flexibility index (Phi) is 6.28. The lowest BCUT2D eigenvalue weighted by Crippen LogP contribution is -2.40. The molecule has 4 rings (SSSR count). The molecule has 2 aromatic carbocycles. The van der Waals surface area contributed by atoms with Crippen molar-refractivity contribution in [1.82, 2.24) is 15.0 Å². The van der Waals surface area contributed by atoms with Crippen LogP contribution in [0.2, 0.25) is 5.02 Å². The number of hydrogen-bond donors (Lipinski definition) is 1. The number of hydrogen-bond acceptors (Lipinski definition) is 5. The number of benzene rings is 2. The van der Waals surface area contributed by atoms with Gasteiger partial charge in [-0.05, 0) is 59.6 Å². The molecular weight excluding hydrogens is 456 g/mol. The van der Waals surface area contributed by atoms with Gasteiger partial charge in [-0.15, -0.1) is 0 Å². The molecule has 0 spiro atoms. The zero-order chi connectivity index (χ0) is 20.2. The Hall–Kier alpha value is -2.22. The van der Waals surface area contributed by atoms with Crippen molar-refractivity contribution in [1.29, 1.82) is 0 Å². The van der Waals surface area contributed by atoms with Gasteiger partial charge in [0.05, 0.1) is 18.2 Å². The first-order chi connectivity index (χ1) is 14.1. The molecule has 1 fully saturated rings. The lowest BCUT2D eigenvalue weighted by Gasteiger charge is -2.30. The minimum absolute atomic E-state index is 0.0340. The van der Waals surface area contributed by atoms with Crippen molar-refractivity contribution in [3.8, 4) is 11.4 Å². The van der Waals surface area contributed by atoms with Crippen LogP contribution < -0.4 is 5.32 Å². The maximum Gasteiger partial charge on any atom is 0.241 e. The van der Waals surface area contributed by atoms with Gasteiger partial charge in [-0.3, -0.25) is 9.69 Å². The summed E-state index contributed by atoms with van der Waals surface area (Å²) in [6.07, 6.45) is 1.81. The topological polar surface area (TPSA) is 71.3 Å². The van der Waals surface area contributed by atoms with Gasteiger partial charge >= 0.3 is 0 Å². The Labute approximate surface area is 182 Å². The van der Waals surface area contributed by atoms with E-state index in [9.17, 15) is 4.79 Å². The lowest BCUT2D eigenvalue weighted by molar-refractivity contribution is -0.121. The Morgan fingerprint density at radius 1 is 1.28 bits per heavy atom. The SMILES string of the molecule is O=C(Nc1ccccc1Br)C1CCCN(Cc2nc(-c3cccc(Cl)c3)no2)C1. The highest BCUT2D eigenvalue weighted by Gasteiger charge is 2.27. The van der Waals surface area contributed by atoms with Crippen LogP contribution in [0.5, 0.6) is 0 Å². The maximum absolute atomic E-state index is 12.7. The number of amides is 1. The first-order valence-corrected chi connectivity index (χ1v) is 10.6. The van der Waals surface area contributed by atoms with Gasteiger partial charge in [0.1, 0.15) is 0 Å². The molecule has 1 unspecified atom stereocenters. The highest BCUT2D eigenvalue weighted by molar-refractivity contribution is 9.10. The largest absolute Gasteiger partial charge is 0.338 e. The summed E-state index contributed by atoms with van der Waals surface area (Å²) >= 11 is 9.51. The van der Waals surface area contributed by atoms with Gasteiger partial charge in [0.2, 0.25) is 17.6 Å². The predicted molar refractivity (Wildman–Crippen MR) is 116 cm³/mol. The van der Waals surface area contributed by atoms with E-state index in [4.69, 9.17) is 16.1 Å². The highest BCUT2D eigenvalue weighted by atomic mass is 79.9. The van der Waals surface area contributed by atoms with Gasteiger partial charge in [-0.25, -0.2) is 0 Å². The Morgan fingerprint density at radius 3 is 2.97 bits per heavy atom. The van der Waals surface area contributed by atoms with Gasteiger partial charge in [0, 0.05) is 21.6 Å². The molecule has 2 heterocycles. The van der Waals surface area contributed by atoms with Crippen LogP contribution in [-0.2, 0) is 11.3 Å². The molecule has 0 aliphatic carbocycles. The average molecular weight is 476 g/mol. The van der Waals surface area contributed by atoms with E-state index in [1.54, 1.807) is 12.1 Å². The molecule has 1 amide bonds. The van der Waals surface area contributed by atoms with Crippen LogP contribution in [0.15, 0.2) is 57.5 Å². The second kappa shape index (κ2) is 9.07. The summed E-state index contributed by atoms with van der Waals surface area (Å²) in [6, 6.07) is 15.0. The number of nitrogens with one attached hydrogen (secondary N) is 1. The van der Waals surface area contributed by atoms with Crippen LogP contribution in [0.1, 0.15) is 18.7 Å². The molecule has 1 N–H and O–H groups in total. The molecule has 3 aromatic rings. The normalized spacial score (nSPS) is 17.2. The van der Waals surface area contributed by atoms with E-state index < -0.39 is 0 Å². The third kappa shape index (κ3) is 5.04. The Bertz CT molecular complexity index is 1010. The van der Waals surface area contributed by atoms with Gasteiger partial charge in [0.25, 0.3) is 0 Å². The molecule has 0 saturated carbocycles. The zero-order valence-electron chi connectivity index (χ0n) is 15.6. The number of nitrogens with zero attached hydrogens (tertiary/aromatic N) is 3. The third-order valence-electron chi connectivity index (χ3n) is 4.92. The number of para-hydroxylation sites is 1. The number of rotatable bonds is 5. The molecule has 1 aromatic heterocycles. The van der Waals surface area contributed by atoms with Crippen LogP contribution in [0.4, 0.5) is 5.69 Å². The van der Waals surface area contributed by atoms with E-state index in [1.807, 2.05) is 36.4 Å². The van der Waals surface area contributed by atoms with Crippen LogP contribution >= 0.6 is 27.5 Å². The molecule has 1 aliphatic rings. The Balaban J connectivity index is 1.38. The fraction of sp³-hybridized carbons (Fsp3) is 0.286. The first kappa shape index (κ1) is 20.1. The fourth-order valence-electron chi connectivity index (χ4n) is 3.47. The number of likely N-dealkylation sites (tertiary alicyclic amines) is 1. The molecule has 8 heteroatoms. The number of carbonyl (C=O) groups is 1. The molecule has 1 saturated heterocycles. The zero-order valence-corrected chi connectivity index (χ0v) is 18.0. The molecule has 0 bridgehead atoms. The van der Waals surface area contributed by atoms with E-state index >= 15 is 0 Å². The predicted octanol–water partition coefficient (Wildman–Crippen LogP) is 5.00. The van der Waals surface area contributed by atoms with E-state index in [2.05, 4.69) is 36.3 Å².